The third-order valence-corrected chi connectivity index (χ3v) is 8.89. The number of carbonyl (C=O) groups is 2. The van der Waals surface area contributed by atoms with Gasteiger partial charge in [0.05, 0.1) is 5.41 Å². The minimum absolute atomic E-state index is 0.123. The maximum Gasteiger partial charge on any atom is 0.255 e. The topological polar surface area (TPSA) is 74.0 Å². The van der Waals surface area contributed by atoms with E-state index in [1.165, 1.54) is 19.3 Å². The Kier molecular flexibility index (Phi) is 5.20. The van der Waals surface area contributed by atoms with Crippen molar-refractivity contribution >= 4 is 34.1 Å². The fraction of sp³-hybridized carbons (Fsp3) is 0.312. The van der Waals surface area contributed by atoms with Gasteiger partial charge in [0, 0.05) is 33.5 Å². The van der Waals surface area contributed by atoms with E-state index in [4.69, 9.17) is 0 Å². The fourth-order valence-corrected chi connectivity index (χ4v) is 7.54. The van der Waals surface area contributed by atoms with Crippen molar-refractivity contribution in [3.05, 3.63) is 84.4 Å². The first kappa shape index (κ1) is 22.3. The van der Waals surface area contributed by atoms with Crippen LogP contribution in [0.25, 0.3) is 22.2 Å². The van der Waals surface area contributed by atoms with Crippen LogP contribution < -0.4 is 10.6 Å². The summed E-state index contributed by atoms with van der Waals surface area (Å²) in [6.07, 6.45) is 7.23. The Bertz CT molecular complexity index is 1450. The smallest absolute Gasteiger partial charge is 0.255 e. The van der Waals surface area contributed by atoms with E-state index in [0.29, 0.717) is 5.56 Å². The molecule has 4 aromatic rings. The predicted octanol–water partition coefficient (Wildman–Crippen LogP) is 7.24. The minimum Gasteiger partial charge on any atom is -0.355 e. The first-order valence-corrected chi connectivity index (χ1v) is 13.4. The summed E-state index contributed by atoms with van der Waals surface area (Å²) in [6.45, 7) is 0. The summed E-state index contributed by atoms with van der Waals surface area (Å²) in [5, 5.41) is 7.30. The van der Waals surface area contributed by atoms with Crippen LogP contribution in [-0.2, 0) is 4.79 Å². The molecule has 1 heterocycles. The standard InChI is InChI=1S/C32H31N3O2/c36-30(24-4-2-1-3-5-24)33-26-8-6-23(7-9-26)29-16-25-15-27(10-11-28(25)35-29)34-31(37)32-17-20-12-21(18-32)14-22(13-20)19-32/h1-11,15-16,20-22,35H,12-14,17-19H2,(H,33,36)(H,34,37). The molecule has 0 radical (unpaired) electrons. The molecule has 37 heavy (non-hydrogen) atoms. The van der Waals surface area contributed by atoms with Crippen molar-refractivity contribution < 1.29 is 9.59 Å². The normalized spacial score (nSPS) is 25.8. The van der Waals surface area contributed by atoms with Crippen molar-refractivity contribution in [3.8, 4) is 11.3 Å². The molecule has 1 aromatic heterocycles. The molecule has 4 saturated carbocycles. The average molecular weight is 490 g/mol. The summed E-state index contributed by atoms with van der Waals surface area (Å²) in [5.41, 5.74) is 5.18. The van der Waals surface area contributed by atoms with Gasteiger partial charge in [-0.2, -0.15) is 0 Å². The zero-order valence-corrected chi connectivity index (χ0v) is 20.8. The summed E-state index contributed by atoms with van der Waals surface area (Å²) in [5.74, 6) is 2.37. The van der Waals surface area contributed by atoms with Gasteiger partial charge in [-0.05, 0) is 110 Å². The van der Waals surface area contributed by atoms with Crippen molar-refractivity contribution in [2.24, 2.45) is 23.2 Å². The molecule has 0 spiro atoms. The highest BCUT2D eigenvalue weighted by Crippen LogP contribution is 2.60. The van der Waals surface area contributed by atoms with E-state index in [2.05, 4.69) is 27.8 Å². The van der Waals surface area contributed by atoms with Crippen molar-refractivity contribution in [2.75, 3.05) is 10.6 Å². The zero-order chi connectivity index (χ0) is 25.0. The second-order valence-electron chi connectivity index (χ2n) is 11.5. The highest BCUT2D eigenvalue weighted by molar-refractivity contribution is 6.04. The maximum absolute atomic E-state index is 13.5. The summed E-state index contributed by atoms with van der Waals surface area (Å²) >= 11 is 0. The molecule has 4 aliphatic rings. The highest BCUT2D eigenvalue weighted by Gasteiger charge is 2.54. The molecule has 2 amide bonds. The number of carbonyl (C=O) groups excluding carboxylic acids is 2. The first-order chi connectivity index (χ1) is 18.0. The average Bonchev–Trinajstić information content (AvgIpc) is 3.32. The number of hydrogen-bond acceptors (Lipinski definition) is 2. The number of anilines is 2. The van der Waals surface area contributed by atoms with Gasteiger partial charge in [0.1, 0.15) is 0 Å². The van der Waals surface area contributed by atoms with Crippen molar-refractivity contribution in [3.63, 3.8) is 0 Å². The summed E-state index contributed by atoms with van der Waals surface area (Å²) in [6, 6.07) is 25.3. The monoisotopic (exact) mass is 489 g/mol. The zero-order valence-electron chi connectivity index (χ0n) is 20.8. The van der Waals surface area contributed by atoms with E-state index in [1.54, 1.807) is 12.1 Å². The molecule has 0 aliphatic heterocycles. The Hall–Kier alpha value is -3.86. The second kappa shape index (κ2) is 8.62. The van der Waals surface area contributed by atoms with Crippen molar-refractivity contribution in [1.82, 2.24) is 4.98 Å². The Balaban J connectivity index is 1.06. The number of amides is 2. The van der Waals surface area contributed by atoms with Gasteiger partial charge < -0.3 is 15.6 Å². The molecular weight excluding hydrogens is 458 g/mol. The molecule has 3 N–H and O–H groups in total. The van der Waals surface area contributed by atoms with Gasteiger partial charge in [0.25, 0.3) is 5.91 Å². The molecule has 8 rings (SSSR count). The van der Waals surface area contributed by atoms with Gasteiger partial charge in [0.15, 0.2) is 0 Å². The summed E-state index contributed by atoms with van der Waals surface area (Å²) in [7, 11) is 0. The number of aromatic nitrogens is 1. The van der Waals surface area contributed by atoms with Gasteiger partial charge in [-0.25, -0.2) is 0 Å². The number of fused-ring (bicyclic) bond motifs is 1. The number of hydrogen-bond donors (Lipinski definition) is 3. The third-order valence-electron chi connectivity index (χ3n) is 8.89. The van der Waals surface area contributed by atoms with Crippen LogP contribution in [0.1, 0.15) is 48.9 Å². The highest BCUT2D eigenvalue weighted by atomic mass is 16.2. The summed E-state index contributed by atoms with van der Waals surface area (Å²) in [4.78, 5) is 29.4. The van der Waals surface area contributed by atoms with Crippen LogP contribution in [0.2, 0.25) is 0 Å². The Labute approximate surface area is 216 Å². The van der Waals surface area contributed by atoms with Gasteiger partial charge >= 0.3 is 0 Å². The van der Waals surface area contributed by atoms with E-state index in [9.17, 15) is 9.59 Å². The lowest BCUT2D eigenvalue weighted by atomic mass is 9.49. The molecule has 5 nitrogen and oxygen atoms in total. The molecule has 0 atom stereocenters. The summed E-state index contributed by atoms with van der Waals surface area (Å²) < 4.78 is 0. The van der Waals surface area contributed by atoms with E-state index in [0.717, 1.165) is 70.6 Å². The molecule has 5 heteroatoms. The Morgan fingerprint density at radius 2 is 1.38 bits per heavy atom. The molecule has 0 saturated heterocycles. The third kappa shape index (κ3) is 4.12. The van der Waals surface area contributed by atoms with Crippen molar-refractivity contribution in [1.29, 1.82) is 0 Å². The van der Waals surface area contributed by atoms with E-state index in [1.807, 2.05) is 54.6 Å². The van der Waals surface area contributed by atoms with Crippen LogP contribution in [0.3, 0.4) is 0 Å². The van der Waals surface area contributed by atoms with Crippen LogP contribution >= 0.6 is 0 Å². The van der Waals surface area contributed by atoms with E-state index < -0.39 is 0 Å². The maximum atomic E-state index is 13.5. The molecule has 0 unspecified atom stereocenters. The van der Waals surface area contributed by atoms with E-state index >= 15 is 0 Å². The molecule has 4 bridgehead atoms. The van der Waals surface area contributed by atoms with Gasteiger partial charge in [-0.15, -0.1) is 0 Å². The number of H-pyrrole nitrogens is 1. The number of aromatic amines is 1. The molecule has 4 fully saturated rings. The Morgan fingerprint density at radius 1 is 0.730 bits per heavy atom. The fourth-order valence-electron chi connectivity index (χ4n) is 7.54. The lowest BCUT2D eigenvalue weighted by Crippen LogP contribution is -2.51. The largest absolute Gasteiger partial charge is 0.355 e. The quantitative estimate of drug-likeness (QED) is 0.276. The SMILES string of the molecule is O=C(Nc1ccc(-c2cc3cc(NC(=O)C45CC6CC(CC(C6)C4)C5)ccc3[nH]2)cc1)c1ccccc1. The lowest BCUT2D eigenvalue weighted by molar-refractivity contribution is -0.140. The van der Waals surface area contributed by atoms with Gasteiger partial charge in [-0.3, -0.25) is 9.59 Å². The minimum atomic E-state index is -0.148. The Morgan fingerprint density at radius 3 is 2.05 bits per heavy atom. The van der Waals surface area contributed by atoms with Gasteiger partial charge in [-0.1, -0.05) is 30.3 Å². The number of rotatable bonds is 5. The van der Waals surface area contributed by atoms with Crippen LogP contribution in [0.4, 0.5) is 11.4 Å². The van der Waals surface area contributed by atoms with Crippen LogP contribution in [0.5, 0.6) is 0 Å². The van der Waals surface area contributed by atoms with E-state index in [-0.39, 0.29) is 17.2 Å². The lowest BCUT2D eigenvalue weighted by Gasteiger charge is -2.55. The number of nitrogens with one attached hydrogen (secondary N) is 3. The molecule has 3 aromatic carbocycles. The second-order valence-corrected chi connectivity index (χ2v) is 11.5. The van der Waals surface area contributed by atoms with Crippen LogP contribution in [-0.4, -0.2) is 16.8 Å². The molecular formula is C32H31N3O2. The molecule has 4 aliphatic carbocycles. The van der Waals surface area contributed by atoms with Crippen LogP contribution in [0.15, 0.2) is 78.9 Å². The van der Waals surface area contributed by atoms with Crippen molar-refractivity contribution in [2.45, 2.75) is 38.5 Å². The molecule has 186 valence electrons. The predicted molar refractivity (Wildman–Crippen MR) is 147 cm³/mol. The van der Waals surface area contributed by atoms with Crippen LogP contribution in [0, 0.1) is 23.2 Å². The first-order valence-electron chi connectivity index (χ1n) is 13.4. The number of benzene rings is 3. The van der Waals surface area contributed by atoms with Gasteiger partial charge in [0.2, 0.25) is 5.91 Å².